The van der Waals surface area contributed by atoms with Gasteiger partial charge in [0.1, 0.15) is 25.1 Å². The average molecular weight is 555 g/mol. The van der Waals surface area contributed by atoms with Crippen LogP contribution in [0.1, 0.15) is 19.4 Å². The number of aromatic hydroxyl groups is 1. The molecule has 4 N–H and O–H groups in total. The summed E-state index contributed by atoms with van der Waals surface area (Å²) in [5.74, 6) is 0.423. The lowest BCUT2D eigenvalue weighted by Gasteiger charge is -2.25. The zero-order chi connectivity index (χ0) is 27.9. The van der Waals surface area contributed by atoms with Crippen molar-refractivity contribution in [1.29, 1.82) is 0 Å². The summed E-state index contributed by atoms with van der Waals surface area (Å²) < 4.78 is 52.3. The number of hydrogen-bond acceptors (Lipinski definition) is 11. The maximum atomic E-state index is 11.9. The van der Waals surface area contributed by atoms with Gasteiger partial charge >= 0.3 is 5.97 Å². The molecule has 0 amide bonds. The van der Waals surface area contributed by atoms with Crippen LogP contribution in [0.5, 0.6) is 28.7 Å². The van der Waals surface area contributed by atoms with Gasteiger partial charge in [0.15, 0.2) is 23.0 Å². The number of fused-ring (bicyclic) bond motifs is 1. The number of phenols is 1. The summed E-state index contributed by atoms with van der Waals surface area (Å²) in [6.45, 7) is 4.19. The SMILES string of the molecule is CCOC(=O)C1COc2cc(C[C@@H](C)NC[C@H](O)COc3cc(NS(C)(=O)=O)c(O)c(OC)c3)ccc2O1. The number of rotatable bonds is 13. The minimum Gasteiger partial charge on any atom is -0.503 e. The molecule has 1 aliphatic rings. The van der Waals surface area contributed by atoms with Crippen LogP contribution in [0.2, 0.25) is 0 Å². The molecule has 3 rings (SSSR count). The van der Waals surface area contributed by atoms with E-state index in [0.717, 1.165) is 11.8 Å². The second-order valence-electron chi connectivity index (χ2n) is 8.82. The van der Waals surface area contributed by atoms with E-state index in [0.29, 0.717) is 17.9 Å². The van der Waals surface area contributed by atoms with Crippen molar-refractivity contribution in [2.75, 3.05) is 44.5 Å². The van der Waals surface area contributed by atoms with Gasteiger partial charge in [-0.1, -0.05) is 6.07 Å². The summed E-state index contributed by atoms with van der Waals surface area (Å²) in [6.07, 6.45) is -0.0668. The summed E-state index contributed by atoms with van der Waals surface area (Å²) in [5, 5.41) is 23.8. The predicted octanol–water partition coefficient (Wildman–Crippen LogP) is 1.44. The first-order chi connectivity index (χ1) is 18.0. The molecular weight excluding hydrogens is 520 g/mol. The molecule has 0 spiro atoms. The van der Waals surface area contributed by atoms with E-state index in [1.165, 1.54) is 19.2 Å². The van der Waals surface area contributed by atoms with Gasteiger partial charge in [0.05, 0.1) is 25.7 Å². The minimum absolute atomic E-state index is 0.00109. The van der Waals surface area contributed by atoms with E-state index >= 15 is 0 Å². The maximum Gasteiger partial charge on any atom is 0.350 e. The molecule has 0 aliphatic carbocycles. The van der Waals surface area contributed by atoms with Crippen LogP contribution in [-0.4, -0.2) is 82.6 Å². The number of esters is 1. The van der Waals surface area contributed by atoms with Crippen LogP contribution in [0.15, 0.2) is 30.3 Å². The number of methoxy groups -OCH3 is 1. The fourth-order valence-corrected chi connectivity index (χ4v) is 4.26. The number of carbonyl (C=O) groups excluding carboxylic acids is 1. The fraction of sp³-hybridized carbons (Fsp3) is 0.480. The normalized spacial score (nSPS) is 16.3. The molecule has 0 bridgehead atoms. The van der Waals surface area contributed by atoms with E-state index in [1.54, 1.807) is 13.0 Å². The zero-order valence-corrected chi connectivity index (χ0v) is 22.5. The highest BCUT2D eigenvalue weighted by molar-refractivity contribution is 7.92. The molecule has 38 heavy (non-hydrogen) atoms. The van der Waals surface area contributed by atoms with Gasteiger partial charge < -0.3 is 39.2 Å². The maximum absolute atomic E-state index is 11.9. The Morgan fingerprint density at radius 3 is 2.68 bits per heavy atom. The number of aliphatic hydroxyl groups excluding tert-OH is 1. The largest absolute Gasteiger partial charge is 0.503 e. The second kappa shape index (κ2) is 12.9. The predicted molar refractivity (Wildman–Crippen MR) is 139 cm³/mol. The minimum atomic E-state index is -3.64. The van der Waals surface area contributed by atoms with E-state index in [4.69, 9.17) is 23.7 Å². The average Bonchev–Trinajstić information content (AvgIpc) is 2.86. The summed E-state index contributed by atoms with van der Waals surface area (Å²) in [6, 6.07) is 8.19. The van der Waals surface area contributed by atoms with Crippen molar-refractivity contribution in [3.63, 3.8) is 0 Å². The molecule has 12 nitrogen and oxygen atoms in total. The van der Waals surface area contributed by atoms with Crippen molar-refractivity contribution < 1.29 is 47.1 Å². The molecule has 1 aliphatic heterocycles. The Kier molecular flexibility index (Phi) is 9.89. The van der Waals surface area contributed by atoms with Crippen LogP contribution >= 0.6 is 0 Å². The van der Waals surface area contributed by atoms with Gasteiger partial charge in [-0.2, -0.15) is 0 Å². The first kappa shape index (κ1) is 29.1. The topological polar surface area (TPSA) is 162 Å². The van der Waals surface area contributed by atoms with Gasteiger partial charge in [-0.05, 0) is 38.0 Å². The lowest BCUT2D eigenvalue weighted by molar-refractivity contribution is -0.153. The Bertz CT molecular complexity index is 1220. The van der Waals surface area contributed by atoms with Crippen molar-refractivity contribution in [3.05, 3.63) is 35.9 Å². The lowest BCUT2D eigenvalue weighted by atomic mass is 10.1. The quantitative estimate of drug-likeness (QED) is 0.209. The van der Waals surface area contributed by atoms with E-state index < -0.39 is 28.2 Å². The van der Waals surface area contributed by atoms with E-state index in [-0.39, 0.29) is 55.3 Å². The van der Waals surface area contributed by atoms with E-state index in [1.807, 2.05) is 19.1 Å². The number of nitrogens with one attached hydrogen (secondary N) is 2. The van der Waals surface area contributed by atoms with Crippen LogP contribution < -0.4 is 29.0 Å². The van der Waals surface area contributed by atoms with Gasteiger partial charge in [0.25, 0.3) is 0 Å². The molecule has 0 fully saturated rings. The lowest BCUT2D eigenvalue weighted by Crippen LogP contribution is -2.38. The first-order valence-electron chi connectivity index (χ1n) is 12.0. The van der Waals surface area contributed by atoms with Crippen molar-refractivity contribution in [1.82, 2.24) is 5.32 Å². The number of aliphatic hydroxyl groups is 1. The zero-order valence-electron chi connectivity index (χ0n) is 21.7. The molecule has 2 aromatic carbocycles. The smallest absolute Gasteiger partial charge is 0.350 e. The monoisotopic (exact) mass is 554 g/mol. The molecule has 0 aromatic heterocycles. The van der Waals surface area contributed by atoms with Gasteiger partial charge in [0.2, 0.25) is 16.1 Å². The molecule has 210 valence electrons. The Labute approximate surface area is 221 Å². The molecule has 13 heteroatoms. The highest BCUT2D eigenvalue weighted by atomic mass is 32.2. The van der Waals surface area contributed by atoms with Crippen molar-refractivity contribution in [2.24, 2.45) is 0 Å². The van der Waals surface area contributed by atoms with Crippen LogP contribution in [-0.2, 0) is 26.0 Å². The van der Waals surface area contributed by atoms with Crippen LogP contribution in [0, 0.1) is 0 Å². The van der Waals surface area contributed by atoms with Crippen LogP contribution in [0.3, 0.4) is 0 Å². The molecule has 1 heterocycles. The van der Waals surface area contributed by atoms with Crippen molar-refractivity contribution in [3.8, 4) is 28.7 Å². The first-order valence-corrected chi connectivity index (χ1v) is 13.9. The Morgan fingerprint density at radius 1 is 1.24 bits per heavy atom. The molecule has 3 atom stereocenters. The third kappa shape index (κ3) is 8.30. The number of benzene rings is 2. The third-order valence-corrected chi connectivity index (χ3v) is 6.06. The summed E-state index contributed by atoms with van der Waals surface area (Å²) in [7, 11) is -2.32. The standard InChI is InChI=1S/C25H34N2O10S/c1-5-34-25(30)23-14-36-21-9-16(6-7-20(21)37-23)8-15(2)26-12-17(28)13-35-18-10-19(27-38(4,31)32)24(29)22(11-18)33-3/h6-7,9-11,15,17,23,26-29H,5,8,12-14H2,1-4H3/t15-,17+,23?/m1/s1. The Morgan fingerprint density at radius 2 is 2.00 bits per heavy atom. The number of sulfonamides is 1. The Balaban J connectivity index is 1.49. The number of carbonyl (C=O) groups is 1. The second-order valence-corrected chi connectivity index (χ2v) is 10.6. The Hall–Kier alpha value is -3.42. The van der Waals surface area contributed by atoms with E-state index in [9.17, 15) is 23.4 Å². The fourth-order valence-electron chi connectivity index (χ4n) is 3.71. The number of hydrogen-bond donors (Lipinski definition) is 4. The van der Waals surface area contributed by atoms with Crippen LogP contribution in [0.4, 0.5) is 5.69 Å². The van der Waals surface area contributed by atoms with Crippen molar-refractivity contribution >= 4 is 21.7 Å². The summed E-state index contributed by atoms with van der Waals surface area (Å²) >= 11 is 0. The van der Waals surface area contributed by atoms with Crippen molar-refractivity contribution in [2.45, 2.75) is 38.5 Å². The van der Waals surface area contributed by atoms with Gasteiger partial charge in [-0.15, -0.1) is 0 Å². The highest BCUT2D eigenvalue weighted by Crippen LogP contribution is 2.39. The number of ether oxygens (including phenoxy) is 5. The molecule has 0 saturated heterocycles. The highest BCUT2D eigenvalue weighted by Gasteiger charge is 2.28. The molecule has 0 radical (unpaired) electrons. The van der Waals surface area contributed by atoms with Crippen LogP contribution in [0.25, 0.3) is 0 Å². The summed E-state index contributed by atoms with van der Waals surface area (Å²) in [4.78, 5) is 11.9. The van der Waals surface area contributed by atoms with Gasteiger partial charge in [-0.25, -0.2) is 13.2 Å². The molecule has 1 unspecified atom stereocenters. The summed E-state index contributed by atoms with van der Waals surface area (Å²) in [5.41, 5.74) is 0.883. The molecule has 2 aromatic rings. The third-order valence-electron chi connectivity index (χ3n) is 5.47. The van der Waals surface area contributed by atoms with Gasteiger partial charge in [-0.3, -0.25) is 4.72 Å². The van der Waals surface area contributed by atoms with Gasteiger partial charge in [0, 0.05) is 24.7 Å². The number of phenolic OH excluding ortho intramolecular Hbond substituents is 1. The number of anilines is 1. The van der Waals surface area contributed by atoms with E-state index in [2.05, 4.69) is 10.0 Å². The molecular formula is C25H34N2O10S. The molecule has 0 saturated carbocycles.